The van der Waals surface area contributed by atoms with E-state index in [1.165, 1.54) is 0 Å². The van der Waals surface area contributed by atoms with Crippen LogP contribution in [0.25, 0.3) is 0 Å². The lowest BCUT2D eigenvalue weighted by Crippen LogP contribution is -2.48. The molecule has 0 aromatic heterocycles. The lowest BCUT2D eigenvalue weighted by Gasteiger charge is -2.36. The van der Waals surface area contributed by atoms with Crippen molar-refractivity contribution in [1.82, 2.24) is 4.90 Å². The highest BCUT2D eigenvalue weighted by Gasteiger charge is 2.45. The van der Waals surface area contributed by atoms with Crippen LogP contribution >= 0.6 is 11.8 Å². The summed E-state index contributed by atoms with van der Waals surface area (Å²) in [6, 6.07) is 0. The number of nitrogens with zero attached hydrogens (tertiary/aromatic N) is 1. The highest BCUT2D eigenvalue weighted by molar-refractivity contribution is 8.01. The number of aliphatic hydroxyl groups excluding tert-OH is 1. The van der Waals surface area contributed by atoms with Crippen LogP contribution in [0.2, 0.25) is 0 Å². The van der Waals surface area contributed by atoms with Crippen LogP contribution in [0.3, 0.4) is 0 Å². The molecular weight excluding hydrogens is 222 g/mol. The first-order valence-electron chi connectivity index (χ1n) is 5.70. The van der Waals surface area contributed by atoms with Crippen molar-refractivity contribution in [2.24, 2.45) is 0 Å². The number of rotatable bonds is 1. The third-order valence-electron chi connectivity index (χ3n) is 2.47. The first-order chi connectivity index (χ1) is 7.02. The monoisotopic (exact) mass is 245 g/mol. The van der Waals surface area contributed by atoms with Gasteiger partial charge in [-0.05, 0) is 20.8 Å². The summed E-state index contributed by atoms with van der Waals surface area (Å²) in [7, 11) is 0. The van der Waals surface area contributed by atoms with Crippen molar-refractivity contribution >= 4 is 17.7 Å². The lowest BCUT2D eigenvalue weighted by atomic mass is 10.1. The molecule has 1 heterocycles. The largest absolute Gasteiger partial charge is 0.372 e. The van der Waals surface area contributed by atoms with Gasteiger partial charge in [0.2, 0.25) is 5.91 Å². The van der Waals surface area contributed by atoms with E-state index >= 15 is 0 Å². The Morgan fingerprint density at radius 1 is 1.25 bits per heavy atom. The third kappa shape index (κ3) is 3.14. The molecule has 0 aromatic carbocycles. The number of aliphatic hydroxyl groups is 1. The van der Waals surface area contributed by atoms with Gasteiger partial charge >= 0.3 is 0 Å². The second-order valence-corrected chi connectivity index (χ2v) is 8.39. The Morgan fingerprint density at radius 3 is 2.06 bits per heavy atom. The molecule has 1 rings (SSSR count). The maximum Gasteiger partial charge on any atom is 0.226 e. The van der Waals surface area contributed by atoms with Gasteiger partial charge in [-0.15, -0.1) is 11.8 Å². The Bertz CT molecular complexity index is 278. The topological polar surface area (TPSA) is 40.5 Å². The quantitative estimate of drug-likeness (QED) is 0.770. The number of carbonyl (C=O) groups is 1. The van der Waals surface area contributed by atoms with E-state index in [0.29, 0.717) is 6.42 Å². The molecule has 0 radical (unpaired) electrons. The number of likely N-dealkylation sites (tertiary alicyclic amines) is 1. The fourth-order valence-corrected chi connectivity index (χ4v) is 3.39. The van der Waals surface area contributed by atoms with Crippen molar-refractivity contribution < 1.29 is 9.90 Å². The molecule has 0 saturated carbocycles. The molecule has 1 saturated heterocycles. The van der Waals surface area contributed by atoms with E-state index in [-0.39, 0.29) is 21.4 Å². The van der Waals surface area contributed by atoms with Crippen molar-refractivity contribution in [1.29, 1.82) is 0 Å². The Balaban J connectivity index is 2.79. The average molecular weight is 245 g/mol. The van der Waals surface area contributed by atoms with E-state index in [1.54, 1.807) is 16.7 Å². The molecule has 4 heteroatoms. The fourth-order valence-electron chi connectivity index (χ4n) is 2.02. The predicted octanol–water partition coefficient (Wildman–Crippen LogP) is 2.24. The van der Waals surface area contributed by atoms with E-state index < -0.39 is 6.23 Å². The van der Waals surface area contributed by atoms with Crippen LogP contribution in [0.1, 0.15) is 48.0 Å². The summed E-state index contributed by atoms with van der Waals surface area (Å²) in [5, 5.41) is 10.2. The van der Waals surface area contributed by atoms with Gasteiger partial charge in [-0.1, -0.05) is 20.8 Å². The van der Waals surface area contributed by atoms with Crippen LogP contribution in [0.5, 0.6) is 0 Å². The molecule has 1 aliphatic heterocycles. The number of amides is 1. The number of hydrogen-bond acceptors (Lipinski definition) is 3. The number of thioether (sulfide) groups is 1. The summed E-state index contributed by atoms with van der Waals surface area (Å²) >= 11 is 1.68. The van der Waals surface area contributed by atoms with Gasteiger partial charge in [-0.2, -0.15) is 0 Å². The van der Waals surface area contributed by atoms with E-state index in [1.807, 2.05) is 20.8 Å². The van der Waals surface area contributed by atoms with Gasteiger partial charge in [0.15, 0.2) is 0 Å². The second kappa shape index (κ2) is 4.22. The van der Waals surface area contributed by atoms with E-state index in [0.717, 1.165) is 0 Å². The molecule has 16 heavy (non-hydrogen) atoms. The molecule has 1 fully saturated rings. The molecule has 2 atom stereocenters. The molecule has 1 aliphatic rings. The minimum absolute atomic E-state index is 0.00766. The first kappa shape index (κ1) is 13.8. The fraction of sp³-hybridized carbons (Fsp3) is 0.917. The molecule has 0 bridgehead atoms. The lowest BCUT2D eigenvalue weighted by molar-refractivity contribution is -0.140. The molecule has 0 aromatic rings. The molecule has 2 unspecified atom stereocenters. The Labute approximate surface area is 103 Å². The van der Waals surface area contributed by atoms with Crippen LogP contribution in [0.4, 0.5) is 0 Å². The van der Waals surface area contributed by atoms with E-state index in [9.17, 15) is 9.90 Å². The maximum absolute atomic E-state index is 11.9. The summed E-state index contributed by atoms with van der Waals surface area (Å²) in [5.74, 6) is 0.0572. The zero-order valence-corrected chi connectivity index (χ0v) is 11.9. The van der Waals surface area contributed by atoms with E-state index in [4.69, 9.17) is 0 Å². The van der Waals surface area contributed by atoms with Gasteiger partial charge < -0.3 is 10.0 Å². The minimum atomic E-state index is -0.656. The van der Waals surface area contributed by atoms with Crippen LogP contribution in [0.15, 0.2) is 0 Å². The van der Waals surface area contributed by atoms with Crippen LogP contribution in [-0.2, 0) is 4.79 Å². The highest BCUT2D eigenvalue weighted by Crippen LogP contribution is 2.38. The van der Waals surface area contributed by atoms with Crippen molar-refractivity contribution in [2.75, 3.05) is 0 Å². The Hall–Kier alpha value is -0.220. The highest BCUT2D eigenvalue weighted by atomic mass is 32.2. The average Bonchev–Trinajstić information content (AvgIpc) is 2.21. The van der Waals surface area contributed by atoms with Gasteiger partial charge in [-0.25, -0.2) is 0 Å². The summed E-state index contributed by atoms with van der Waals surface area (Å²) in [5.41, 5.74) is -0.302. The zero-order chi connectivity index (χ0) is 12.7. The van der Waals surface area contributed by atoms with Crippen molar-refractivity contribution in [2.45, 2.75) is 69.7 Å². The summed E-state index contributed by atoms with van der Waals surface area (Å²) in [4.78, 5) is 13.5. The van der Waals surface area contributed by atoms with Crippen LogP contribution < -0.4 is 0 Å². The van der Waals surface area contributed by atoms with Gasteiger partial charge in [0.05, 0.1) is 5.25 Å². The third-order valence-corrected chi connectivity index (χ3v) is 3.89. The van der Waals surface area contributed by atoms with Crippen molar-refractivity contribution in [3.05, 3.63) is 0 Å². The molecule has 3 nitrogen and oxygen atoms in total. The maximum atomic E-state index is 11.9. The Morgan fingerprint density at radius 2 is 1.75 bits per heavy atom. The molecule has 1 N–H and O–H groups in total. The molecule has 1 amide bonds. The number of carbonyl (C=O) groups excluding carboxylic acids is 1. The zero-order valence-electron chi connectivity index (χ0n) is 11.1. The number of hydrogen-bond donors (Lipinski definition) is 1. The molecule has 0 aliphatic carbocycles. The van der Waals surface area contributed by atoms with Crippen LogP contribution in [-0.4, -0.2) is 37.7 Å². The van der Waals surface area contributed by atoms with Gasteiger partial charge in [0.1, 0.15) is 6.23 Å². The Kier molecular flexibility index (Phi) is 3.65. The standard InChI is InChI=1S/C12H23NO2S/c1-11(2,3)13-9(14)7-8(10(13)15)16-12(4,5)6/h8,10,15H,7H2,1-6H3. The second-order valence-electron chi connectivity index (χ2n) is 6.32. The predicted molar refractivity (Wildman–Crippen MR) is 68.4 cm³/mol. The summed E-state index contributed by atoms with van der Waals surface area (Å²) < 4.78 is 0.0693. The minimum Gasteiger partial charge on any atom is -0.372 e. The SMILES string of the molecule is CC(C)(C)SC1CC(=O)N(C(C)(C)C)C1O. The molecule has 94 valence electrons. The van der Waals surface area contributed by atoms with Crippen molar-refractivity contribution in [3.63, 3.8) is 0 Å². The van der Waals surface area contributed by atoms with Crippen molar-refractivity contribution in [3.8, 4) is 0 Å². The van der Waals surface area contributed by atoms with Gasteiger partial charge in [-0.3, -0.25) is 4.79 Å². The first-order valence-corrected chi connectivity index (χ1v) is 6.58. The molecular formula is C12H23NO2S. The smallest absolute Gasteiger partial charge is 0.226 e. The normalized spacial score (nSPS) is 27.7. The molecule has 0 spiro atoms. The van der Waals surface area contributed by atoms with Gasteiger partial charge in [0.25, 0.3) is 0 Å². The van der Waals surface area contributed by atoms with Gasteiger partial charge in [0, 0.05) is 16.7 Å². The summed E-state index contributed by atoms with van der Waals surface area (Å²) in [6.45, 7) is 12.2. The van der Waals surface area contributed by atoms with E-state index in [2.05, 4.69) is 20.8 Å². The summed E-state index contributed by atoms with van der Waals surface area (Å²) in [6.07, 6.45) is -0.211. The van der Waals surface area contributed by atoms with Crippen LogP contribution in [0, 0.1) is 0 Å².